The molecular formula is C29H25N3O2S. The van der Waals surface area contributed by atoms with Crippen LogP contribution in [0.2, 0.25) is 0 Å². The molecule has 0 aromatic heterocycles. The molecule has 4 aromatic rings. The Hall–Kier alpha value is -4.29. The lowest BCUT2D eigenvalue weighted by Gasteiger charge is -2.22. The normalized spacial score (nSPS) is 10.8. The minimum absolute atomic E-state index is 0.195. The summed E-state index contributed by atoms with van der Waals surface area (Å²) < 4.78 is 0. The first-order chi connectivity index (χ1) is 17.0. The van der Waals surface area contributed by atoms with E-state index in [-0.39, 0.29) is 16.9 Å². The molecule has 6 heteroatoms. The molecule has 0 unspecified atom stereocenters. The summed E-state index contributed by atoms with van der Waals surface area (Å²) in [7, 11) is 1.72. The van der Waals surface area contributed by atoms with Crippen LogP contribution in [0.4, 0.5) is 5.69 Å². The van der Waals surface area contributed by atoms with Gasteiger partial charge in [0.2, 0.25) is 5.91 Å². The molecule has 0 atom stereocenters. The van der Waals surface area contributed by atoms with Gasteiger partial charge in [-0.3, -0.25) is 14.9 Å². The quantitative estimate of drug-likeness (QED) is 0.290. The molecule has 2 N–H and O–H groups in total. The first-order valence-corrected chi connectivity index (χ1v) is 11.6. The van der Waals surface area contributed by atoms with E-state index in [1.165, 1.54) is 6.08 Å². The third-order valence-electron chi connectivity index (χ3n) is 5.58. The first-order valence-electron chi connectivity index (χ1n) is 11.2. The SMILES string of the molecule is CN(C(=S)NC(=O)C=Cc1cccc2ccccc12)c1ccccc1C(=O)NCc1ccccc1. The topological polar surface area (TPSA) is 61.4 Å². The minimum atomic E-state index is -0.346. The number of thiocarbonyl (C=S) groups is 1. The summed E-state index contributed by atoms with van der Waals surface area (Å²) in [5.41, 5.74) is 3.01. The summed E-state index contributed by atoms with van der Waals surface area (Å²) in [6, 6.07) is 30.8. The van der Waals surface area contributed by atoms with Crippen LogP contribution < -0.4 is 15.5 Å². The maximum Gasteiger partial charge on any atom is 0.253 e. The van der Waals surface area contributed by atoms with Gasteiger partial charge in [-0.25, -0.2) is 0 Å². The van der Waals surface area contributed by atoms with E-state index in [1.54, 1.807) is 36.2 Å². The van der Waals surface area contributed by atoms with Crippen LogP contribution in [0.3, 0.4) is 0 Å². The Kier molecular flexibility index (Phi) is 7.65. The predicted molar refractivity (Wildman–Crippen MR) is 146 cm³/mol. The van der Waals surface area contributed by atoms with Gasteiger partial charge in [0.1, 0.15) is 0 Å². The van der Waals surface area contributed by atoms with E-state index >= 15 is 0 Å². The van der Waals surface area contributed by atoms with Crippen molar-refractivity contribution in [3.8, 4) is 0 Å². The molecule has 174 valence electrons. The Morgan fingerprint density at radius 1 is 0.857 bits per heavy atom. The number of para-hydroxylation sites is 1. The van der Waals surface area contributed by atoms with Gasteiger partial charge in [-0.05, 0) is 52.3 Å². The van der Waals surface area contributed by atoms with Crippen molar-refractivity contribution in [2.75, 3.05) is 11.9 Å². The monoisotopic (exact) mass is 479 g/mol. The van der Waals surface area contributed by atoms with Crippen LogP contribution in [-0.4, -0.2) is 24.0 Å². The van der Waals surface area contributed by atoms with Crippen molar-refractivity contribution in [1.29, 1.82) is 0 Å². The number of hydrogen-bond acceptors (Lipinski definition) is 3. The number of nitrogens with one attached hydrogen (secondary N) is 2. The molecule has 0 spiro atoms. The number of amides is 2. The van der Waals surface area contributed by atoms with Gasteiger partial charge in [0.05, 0.1) is 11.3 Å². The van der Waals surface area contributed by atoms with Crippen molar-refractivity contribution in [1.82, 2.24) is 10.6 Å². The van der Waals surface area contributed by atoms with Gasteiger partial charge in [-0.1, -0.05) is 84.9 Å². The number of benzene rings is 4. The van der Waals surface area contributed by atoms with E-state index in [0.717, 1.165) is 21.9 Å². The number of carbonyl (C=O) groups is 2. The first kappa shape index (κ1) is 23.9. The molecule has 4 aromatic carbocycles. The summed E-state index contributed by atoms with van der Waals surface area (Å²) in [4.78, 5) is 27.1. The zero-order chi connectivity index (χ0) is 24.6. The number of rotatable bonds is 6. The number of carbonyl (C=O) groups excluding carboxylic acids is 2. The molecule has 0 aliphatic carbocycles. The van der Waals surface area contributed by atoms with Crippen LogP contribution in [0, 0.1) is 0 Å². The Morgan fingerprint density at radius 2 is 1.54 bits per heavy atom. The third-order valence-corrected chi connectivity index (χ3v) is 5.95. The smallest absolute Gasteiger partial charge is 0.253 e. The van der Waals surface area contributed by atoms with Gasteiger partial charge in [-0.15, -0.1) is 0 Å². The van der Waals surface area contributed by atoms with Crippen LogP contribution in [-0.2, 0) is 11.3 Å². The van der Waals surface area contributed by atoms with Crippen molar-refractivity contribution in [2.24, 2.45) is 0 Å². The molecule has 0 heterocycles. The fraction of sp³-hybridized carbons (Fsp3) is 0.0690. The highest BCUT2D eigenvalue weighted by Crippen LogP contribution is 2.21. The Morgan fingerprint density at radius 3 is 2.37 bits per heavy atom. The molecular weight excluding hydrogens is 454 g/mol. The van der Waals surface area contributed by atoms with Crippen LogP contribution in [0.1, 0.15) is 21.5 Å². The van der Waals surface area contributed by atoms with Crippen molar-refractivity contribution in [2.45, 2.75) is 6.54 Å². The summed E-state index contributed by atoms with van der Waals surface area (Å²) in [5.74, 6) is -0.568. The van der Waals surface area contributed by atoms with Gasteiger partial charge in [0, 0.05) is 19.7 Å². The van der Waals surface area contributed by atoms with Gasteiger partial charge >= 0.3 is 0 Å². The molecule has 0 saturated carbocycles. The maximum atomic E-state index is 12.9. The van der Waals surface area contributed by atoms with Crippen molar-refractivity contribution in [3.05, 3.63) is 120 Å². The molecule has 0 bridgehead atoms. The van der Waals surface area contributed by atoms with Gasteiger partial charge in [0.25, 0.3) is 5.91 Å². The van der Waals surface area contributed by atoms with Crippen LogP contribution in [0.15, 0.2) is 103 Å². The predicted octanol–water partition coefficient (Wildman–Crippen LogP) is 5.32. The summed E-state index contributed by atoms with van der Waals surface area (Å²) in [6.07, 6.45) is 3.23. The number of hydrogen-bond donors (Lipinski definition) is 2. The lowest BCUT2D eigenvalue weighted by Crippen LogP contribution is -2.40. The van der Waals surface area contributed by atoms with Gasteiger partial charge in [-0.2, -0.15) is 0 Å². The summed E-state index contributed by atoms with van der Waals surface area (Å²) in [6.45, 7) is 0.415. The Labute approximate surface area is 210 Å². The van der Waals surface area contributed by atoms with E-state index in [2.05, 4.69) is 10.6 Å². The third kappa shape index (κ3) is 5.99. The Bertz CT molecular complexity index is 1390. The molecule has 35 heavy (non-hydrogen) atoms. The molecule has 5 nitrogen and oxygen atoms in total. The van der Waals surface area contributed by atoms with E-state index in [9.17, 15) is 9.59 Å². The average molecular weight is 480 g/mol. The van der Waals surface area contributed by atoms with Crippen molar-refractivity contribution >= 4 is 51.7 Å². The van der Waals surface area contributed by atoms with Crippen molar-refractivity contribution in [3.63, 3.8) is 0 Å². The molecule has 0 aliphatic heterocycles. The van der Waals surface area contributed by atoms with E-state index in [1.807, 2.05) is 78.9 Å². The molecule has 0 fully saturated rings. The average Bonchev–Trinajstić information content (AvgIpc) is 2.90. The maximum absolute atomic E-state index is 12.9. The summed E-state index contributed by atoms with van der Waals surface area (Å²) >= 11 is 5.46. The fourth-order valence-electron chi connectivity index (χ4n) is 3.73. The number of anilines is 1. The van der Waals surface area contributed by atoms with Crippen molar-refractivity contribution < 1.29 is 9.59 Å². The largest absolute Gasteiger partial charge is 0.348 e. The number of nitrogens with zero attached hydrogens (tertiary/aromatic N) is 1. The highest BCUT2D eigenvalue weighted by Gasteiger charge is 2.17. The Balaban J connectivity index is 1.42. The zero-order valence-corrected chi connectivity index (χ0v) is 20.1. The standard InChI is InChI=1S/C29H25N3O2S/c1-32(26-17-8-7-16-25(26)28(34)30-20-21-10-3-2-4-11-21)29(35)31-27(33)19-18-23-14-9-13-22-12-5-6-15-24(22)23/h2-19H,20H2,1H3,(H,30,34)(H,31,33,35). The highest BCUT2D eigenvalue weighted by atomic mass is 32.1. The van der Waals surface area contributed by atoms with E-state index in [4.69, 9.17) is 12.2 Å². The molecule has 4 rings (SSSR count). The second kappa shape index (κ2) is 11.2. The van der Waals surface area contributed by atoms with Crippen LogP contribution in [0.5, 0.6) is 0 Å². The fourth-order valence-corrected chi connectivity index (χ4v) is 3.93. The van der Waals surface area contributed by atoms with Gasteiger partial charge in [0.15, 0.2) is 5.11 Å². The van der Waals surface area contributed by atoms with E-state index < -0.39 is 0 Å². The van der Waals surface area contributed by atoms with Crippen LogP contribution in [0.25, 0.3) is 16.8 Å². The van der Waals surface area contributed by atoms with E-state index in [0.29, 0.717) is 17.8 Å². The molecule has 0 aliphatic rings. The highest BCUT2D eigenvalue weighted by molar-refractivity contribution is 7.80. The summed E-state index contributed by atoms with van der Waals surface area (Å²) in [5, 5.41) is 8.02. The molecule has 0 radical (unpaired) electrons. The number of fused-ring (bicyclic) bond motifs is 1. The molecule has 2 amide bonds. The molecule has 0 saturated heterocycles. The zero-order valence-electron chi connectivity index (χ0n) is 19.3. The lowest BCUT2D eigenvalue weighted by molar-refractivity contribution is -0.115. The lowest BCUT2D eigenvalue weighted by atomic mass is 10.0. The second-order valence-corrected chi connectivity index (χ2v) is 8.33. The second-order valence-electron chi connectivity index (χ2n) is 7.94. The van der Waals surface area contributed by atoms with Crippen LogP contribution >= 0.6 is 12.2 Å². The van der Waals surface area contributed by atoms with Gasteiger partial charge < -0.3 is 10.2 Å². The minimum Gasteiger partial charge on any atom is -0.348 e.